The number of hydrogen-bond acceptors (Lipinski definition) is 7. The van der Waals surface area contributed by atoms with Crippen LogP contribution in [0.1, 0.15) is 96.5 Å². The Morgan fingerprint density at radius 3 is 1.86 bits per heavy atom. The molecule has 1 aromatic carbocycles. The molecule has 2 aliphatic rings. The fraction of sp³-hybridized carbons (Fsp3) is 0.697. The highest BCUT2D eigenvalue weighted by Crippen LogP contribution is 2.22. The molecule has 0 radical (unpaired) electrons. The first-order valence-electron chi connectivity index (χ1n) is 16.2. The highest BCUT2D eigenvalue weighted by Gasteiger charge is 2.29. The summed E-state index contributed by atoms with van der Waals surface area (Å²) >= 11 is 1.53. The number of benzene rings is 1. The van der Waals surface area contributed by atoms with Crippen LogP contribution in [0.2, 0.25) is 0 Å². The number of nitrogens with one attached hydrogen (secondary N) is 4. The van der Waals surface area contributed by atoms with Crippen LogP contribution in [0.3, 0.4) is 0 Å². The lowest BCUT2D eigenvalue weighted by Gasteiger charge is -2.30. The summed E-state index contributed by atoms with van der Waals surface area (Å²) in [7, 11) is 0. The van der Waals surface area contributed by atoms with Gasteiger partial charge in [-0.05, 0) is 74.1 Å². The Morgan fingerprint density at radius 2 is 1.39 bits per heavy atom. The minimum Gasteiger partial charge on any atom is -0.508 e. The molecule has 10 nitrogen and oxygen atoms in total. The van der Waals surface area contributed by atoms with Gasteiger partial charge in [-0.3, -0.25) is 14.4 Å². The predicted molar refractivity (Wildman–Crippen MR) is 176 cm³/mol. The number of carboxylic acid groups (broad SMARTS) is 1. The van der Waals surface area contributed by atoms with Crippen molar-refractivity contribution in [3.8, 4) is 5.75 Å². The second kappa shape index (κ2) is 21.0. The van der Waals surface area contributed by atoms with E-state index in [1.807, 2.05) is 20.1 Å². The quantitative estimate of drug-likeness (QED) is 0.148. The molecule has 6 N–H and O–H groups in total. The second-order valence-corrected chi connectivity index (χ2v) is 13.4. The van der Waals surface area contributed by atoms with E-state index in [0.717, 1.165) is 12.1 Å². The molecule has 3 rings (SSSR count). The maximum atomic E-state index is 12.8. The van der Waals surface area contributed by atoms with Crippen LogP contribution in [0.4, 0.5) is 0 Å². The second-order valence-electron chi connectivity index (χ2n) is 12.4. The summed E-state index contributed by atoms with van der Waals surface area (Å²) in [5, 5.41) is 30.4. The lowest BCUT2D eigenvalue weighted by Crippen LogP contribution is -2.55. The first kappa shape index (κ1) is 37.4. The highest BCUT2D eigenvalue weighted by molar-refractivity contribution is 7.98. The van der Waals surface area contributed by atoms with Crippen molar-refractivity contribution in [1.82, 2.24) is 21.3 Å². The summed E-state index contributed by atoms with van der Waals surface area (Å²) in [6.07, 6.45) is 17.6. The first-order chi connectivity index (χ1) is 21.1. The zero-order valence-corrected chi connectivity index (χ0v) is 27.5. The minimum absolute atomic E-state index is 0.0206. The molecule has 11 heteroatoms. The van der Waals surface area contributed by atoms with Crippen LogP contribution in [0.25, 0.3) is 0 Å². The Labute approximate surface area is 267 Å². The standard InChI is InChI=1S/C21H31N3O6S.C12H23N/c1-13(2)10-17(23-19(27)16(22-12-25)8-9-31-3)20(28)24-18(21(29)30)11-14-4-6-15(26)7-5-14;1-3-7-11(8-4-1)13-12-9-5-2-6-10-12/h4-7,12-13,16-18,26H,8-11H2,1-3H3,(H,22,25)(H,23,27)(H,24,28)(H,29,30);11-13H,1-10H2/t16-,17-,18-;/m0./s1. The zero-order chi connectivity index (χ0) is 32.3. The monoisotopic (exact) mass is 634 g/mol. The van der Waals surface area contributed by atoms with Crippen LogP contribution in [0.15, 0.2) is 24.3 Å². The molecule has 2 aliphatic carbocycles. The molecule has 2 fully saturated rings. The fourth-order valence-electron chi connectivity index (χ4n) is 5.80. The first-order valence-corrected chi connectivity index (χ1v) is 17.6. The molecule has 1 aromatic rings. The largest absolute Gasteiger partial charge is 0.508 e. The van der Waals surface area contributed by atoms with Crippen LogP contribution in [-0.2, 0) is 25.6 Å². The van der Waals surface area contributed by atoms with E-state index >= 15 is 0 Å². The van der Waals surface area contributed by atoms with Crippen LogP contribution >= 0.6 is 11.8 Å². The molecule has 44 heavy (non-hydrogen) atoms. The predicted octanol–water partition coefficient (Wildman–Crippen LogP) is 4.14. The third-order valence-electron chi connectivity index (χ3n) is 8.21. The SMILES string of the molecule is C1CCC(NC2CCCCC2)CC1.CSCC[C@H](NC=O)C(=O)N[C@@H](CC(C)C)C(=O)N[C@@H](Cc1ccc(O)cc1)C(=O)O. The topological polar surface area (TPSA) is 157 Å². The van der Waals surface area contributed by atoms with E-state index < -0.39 is 35.9 Å². The summed E-state index contributed by atoms with van der Waals surface area (Å²) in [5.74, 6) is -1.56. The van der Waals surface area contributed by atoms with E-state index in [1.165, 1.54) is 88.1 Å². The van der Waals surface area contributed by atoms with Crippen molar-refractivity contribution in [2.45, 2.75) is 128 Å². The van der Waals surface area contributed by atoms with Gasteiger partial charge < -0.3 is 31.5 Å². The number of phenols is 1. The van der Waals surface area contributed by atoms with Crippen molar-refractivity contribution in [2.75, 3.05) is 12.0 Å². The van der Waals surface area contributed by atoms with Gasteiger partial charge in [0, 0.05) is 18.5 Å². The normalized spacial score (nSPS) is 17.8. The number of hydrogen-bond donors (Lipinski definition) is 6. The highest BCUT2D eigenvalue weighted by atomic mass is 32.2. The number of carbonyl (C=O) groups excluding carboxylic acids is 3. The van der Waals surface area contributed by atoms with E-state index in [1.54, 1.807) is 12.1 Å². The maximum absolute atomic E-state index is 12.8. The summed E-state index contributed by atoms with van der Waals surface area (Å²) in [4.78, 5) is 48.0. The molecule has 0 bridgehead atoms. The Bertz CT molecular complexity index is 980. The van der Waals surface area contributed by atoms with Gasteiger partial charge in [-0.25, -0.2) is 4.79 Å². The van der Waals surface area contributed by atoms with Gasteiger partial charge in [0.25, 0.3) is 0 Å². The molecule has 0 saturated heterocycles. The Morgan fingerprint density at radius 1 is 0.864 bits per heavy atom. The Hall–Kier alpha value is -2.79. The Balaban J connectivity index is 0.000000425. The molecule has 3 atom stereocenters. The lowest BCUT2D eigenvalue weighted by molar-refractivity contribution is -0.142. The van der Waals surface area contributed by atoms with Crippen LogP contribution in [-0.4, -0.2) is 76.6 Å². The molecule has 2 saturated carbocycles. The molecule has 3 amide bonds. The van der Waals surface area contributed by atoms with Gasteiger partial charge in [0.15, 0.2) is 0 Å². The van der Waals surface area contributed by atoms with E-state index in [4.69, 9.17) is 0 Å². The molecule has 0 spiro atoms. The number of amides is 3. The average Bonchev–Trinajstić information content (AvgIpc) is 3.00. The van der Waals surface area contributed by atoms with Gasteiger partial charge in [-0.15, -0.1) is 0 Å². The van der Waals surface area contributed by atoms with E-state index in [-0.39, 0.29) is 18.1 Å². The smallest absolute Gasteiger partial charge is 0.326 e. The molecular weight excluding hydrogens is 580 g/mol. The van der Waals surface area contributed by atoms with Crippen molar-refractivity contribution in [3.05, 3.63) is 29.8 Å². The molecular formula is C33H54N4O6S. The third kappa shape index (κ3) is 14.8. The fourth-order valence-corrected chi connectivity index (χ4v) is 6.27. The lowest BCUT2D eigenvalue weighted by atomic mass is 9.91. The number of carboxylic acids is 1. The van der Waals surface area contributed by atoms with E-state index in [9.17, 15) is 29.4 Å². The van der Waals surface area contributed by atoms with Crippen LogP contribution < -0.4 is 21.3 Å². The van der Waals surface area contributed by atoms with Crippen molar-refractivity contribution < 1.29 is 29.4 Å². The van der Waals surface area contributed by atoms with Crippen LogP contribution in [0.5, 0.6) is 5.75 Å². The number of carbonyl (C=O) groups is 4. The number of thioether (sulfide) groups is 1. The maximum Gasteiger partial charge on any atom is 0.326 e. The van der Waals surface area contributed by atoms with Crippen molar-refractivity contribution in [2.24, 2.45) is 5.92 Å². The Kier molecular flexibility index (Phi) is 17.9. The summed E-state index contributed by atoms with van der Waals surface area (Å²) in [5.41, 5.74) is 0.627. The van der Waals surface area contributed by atoms with E-state index in [2.05, 4.69) is 21.3 Å². The molecule has 0 aromatic heterocycles. The summed E-state index contributed by atoms with van der Waals surface area (Å²) in [6.45, 7) is 3.76. The number of rotatable bonds is 16. The van der Waals surface area contributed by atoms with Gasteiger partial charge in [-0.1, -0.05) is 64.5 Å². The van der Waals surface area contributed by atoms with Gasteiger partial charge in [-0.2, -0.15) is 11.8 Å². The van der Waals surface area contributed by atoms with Crippen molar-refractivity contribution in [1.29, 1.82) is 0 Å². The summed E-state index contributed by atoms with van der Waals surface area (Å²) in [6, 6.07) is 4.84. The number of phenolic OH excluding ortho intramolecular Hbond substituents is 1. The zero-order valence-electron chi connectivity index (χ0n) is 26.7. The third-order valence-corrected chi connectivity index (χ3v) is 8.85. The molecule has 0 unspecified atom stereocenters. The van der Waals surface area contributed by atoms with Crippen LogP contribution in [0, 0.1) is 5.92 Å². The molecule has 248 valence electrons. The van der Waals surface area contributed by atoms with Gasteiger partial charge >= 0.3 is 5.97 Å². The van der Waals surface area contributed by atoms with Gasteiger partial charge in [0.05, 0.1) is 0 Å². The summed E-state index contributed by atoms with van der Waals surface area (Å²) < 4.78 is 0. The van der Waals surface area contributed by atoms with Gasteiger partial charge in [0.2, 0.25) is 18.2 Å². The average molecular weight is 635 g/mol. The van der Waals surface area contributed by atoms with Crippen molar-refractivity contribution >= 4 is 36.0 Å². The minimum atomic E-state index is -1.21. The molecule has 0 aliphatic heterocycles. The molecule has 0 heterocycles. The van der Waals surface area contributed by atoms with E-state index in [0.29, 0.717) is 30.6 Å². The number of aromatic hydroxyl groups is 1. The van der Waals surface area contributed by atoms with Crippen molar-refractivity contribution in [3.63, 3.8) is 0 Å². The number of aliphatic carboxylic acids is 1. The van der Waals surface area contributed by atoms with Gasteiger partial charge in [0.1, 0.15) is 23.9 Å².